The van der Waals surface area contributed by atoms with E-state index in [1.807, 2.05) is 66.7 Å². The summed E-state index contributed by atoms with van der Waals surface area (Å²) in [6.45, 7) is 2.29. The maximum atomic E-state index is 12.3. The molecule has 3 aromatic rings. The smallest absolute Gasteiger partial charge is 0.411 e. The van der Waals surface area contributed by atoms with Crippen LogP contribution in [-0.2, 0) is 32.1 Å². The van der Waals surface area contributed by atoms with E-state index in [4.69, 9.17) is 9.47 Å². The van der Waals surface area contributed by atoms with Gasteiger partial charge in [-0.1, -0.05) is 73.5 Å². The van der Waals surface area contributed by atoms with E-state index >= 15 is 0 Å². The van der Waals surface area contributed by atoms with Crippen molar-refractivity contribution in [3.05, 3.63) is 90.0 Å². The molecule has 0 aromatic heterocycles. The van der Waals surface area contributed by atoms with Gasteiger partial charge in [0.05, 0.1) is 12.3 Å². The van der Waals surface area contributed by atoms with E-state index in [0.717, 1.165) is 54.2 Å². The summed E-state index contributed by atoms with van der Waals surface area (Å²) in [4.78, 5) is 35.3. The summed E-state index contributed by atoms with van der Waals surface area (Å²) in [6, 6.07) is 21.6. The van der Waals surface area contributed by atoms with Gasteiger partial charge in [-0.05, 0) is 48.8 Å². The number of benzene rings is 3. The maximum absolute atomic E-state index is 12.3. The molecule has 0 aliphatic rings. The first-order valence-electron chi connectivity index (χ1n) is 12.8. The molecule has 200 valence electrons. The van der Waals surface area contributed by atoms with Crippen LogP contribution in [0.15, 0.2) is 78.9 Å². The Morgan fingerprint density at radius 2 is 1.55 bits per heavy atom. The lowest BCUT2D eigenvalue weighted by molar-refractivity contribution is -0.159. The van der Waals surface area contributed by atoms with Crippen LogP contribution in [0.1, 0.15) is 43.7 Å². The number of amides is 2. The molecular weight excluding hydrogens is 484 g/mol. The summed E-state index contributed by atoms with van der Waals surface area (Å²) in [5.74, 6) is -1.26. The number of aryl methyl sites for hydroxylation is 1. The molecule has 8 nitrogen and oxygen atoms in total. The minimum Gasteiger partial charge on any atom is -0.463 e. The van der Waals surface area contributed by atoms with Crippen LogP contribution in [0.25, 0.3) is 10.8 Å². The highest BCUT2D eigenvalue weighted by Gasteiger charge is 2.09. The highest BCUT2D eigenvalue weighted by atomic mass is 16.5. The fourth-order valence-electron chi connectivity index (χ4n) is 3.90. The number of rotatable bonds is 13. The molecule has 0 bridgehead atoms. The molecule has 0 aliphatic carbocycles. The number of nitrogens with one attached hydrogen (secondary N) is 1. The van der Waals surface area contributed by atoms with Gasteiger partial charge in [0.2, 0.25) is 0 Å². The number of ether oxygens (including phenoxy) is 2. The van der Waals surface area contributed by atoms with Crippen molar-refractivity contribution in [1.82, 2.24) is 5.06 Å². The zero-order valence-corrected chi connectivity index (χ0v) is 21.6. The number of carbonyl (C=O) groups is 3. The van der Waals surface area contributed by atoms with Crippen LogP contribution in [0.4, 0.5) is 10.5 Å². The minimum atomic E-state index is -0.645. The number of unbranched alkanes of at least 4 members (excludes halogenated alkanes) is 3. The fraction of sp³-hybridized carbons (Fsp3) is 0.300. The molecule has 0 saturated heterocycles. The lowest BCUT2D eigenvalue weighted by atomic mass is 10.0. The van der Waals surface area contributed by atoms with Crippen LogP contribution in [-0.4, -0.2) is 41.4 Å². The van der Waals surface area contributed by atoms with Gasteiger partial charge >= 0.3 is 12.1 Å². The van der Waals surface area contributed by atoms with Crippen molar-refractivity contribution in [3.63, 3.8) is 0 Å². The van der Waals surface area contributed by atoms with Crippen molar-refractivity contribution < 1.29 is 29.1 Å². The second-order valence-corrected chi connectivity index (χ2v) is 8.76. The number of hydrogen-bond acceptors (Lipinski definition) is 6. The molecule has 2 amide bonds. The van der Waals surface area contributed by atoms with E-state index < -0.39 is 18.0 Å². The van der Waals surface area contributed by atoms with Gasteiger partial charge in [0.25, 0.3) is 5.91 Å². The van der Waals surface area contributed by atoms with Gasteiger partial charge in [-0.15, -0.1) is 0 Å². The Morgan fingerprint density at radius 1 is 0.842 bits per heavy atom. The molecule has 3 rings (SSSR count). The van der Waals surface area contributed by atoms with E-state index in [9.17, 15) is 19.6 Å². The van der Waals surface area contributed by atoms with Crippen molar-refractivity contribution in [3.8, 4) is 0 Å². The molecule has 0 spiro atoms. The van der Waals surface area contributed by atoms with Gasteiger partial charge < -0.3 is 9.47 Å². The quantitative estimate of drug-likeness (QED) is 0.0941. The first-order valence-corrected chi connectivity index (χ1v) is 12.8. The van der Waals surface area contributed by atoms with Gasteiger partial charge in [-0.2, -0.15) is 0 Å². The number of fused-ring (bicyclic) bond motifs is 1. The Morgan fingerprint density at radius 3 is 2.34 bits per heavy atom. The normalized spacial score (nSPS) is 10.9. The number of anilines is 1. The molecule has 0 aliphatic heterocycles. The third kappa shape index (κ3) is 9.37. The van der Waals surface area contributed by atoms with E-state index in [1.165, 1.54) is 5.56 Å². The molecule has 3 aromatic carbocycles. The highest BCUT2D eigenvalue weighted by molar-refractivity contribution is 6.00. The number of carbonyl (C=O) groups excluding carboxylic acids is 3. The monoisotopic (exact) mass is 518 g/mol. The van der Waals surface area contributed by atoms with Gasteiger partial charge in [0.15, 0.2) is 0 Å². The summed E-state index contributed by atoms with van der Waals surface area (Å²) in [5.41, 5.74) is 2.82. The topological polar surface area (TPSA) is 105 Å². The largest absolute Gasteiger partial charge is 0.463 e. The Bertz CT molecular complexity index is 1230. The SMILES string of the molecule is CCOC(=O)/C=C/C(=O)N(O)CCCCCCc1ccc(COC(=O)Nc2cccc3ccccc23)cc1. The summed E-state index contributed by atoms with van der Waals surface area (Å²) in [5, 5.41) is 15.2. The average Bonchev–Trinajstić information content (AvgIpc) is 2.93. The van der Waals surface area contributed by atoms with Crippen molar-refractivity contribution in [1.29, 1.82) is 0 Å². The van der Waals surface area contributed by atoms with E-state index in [0.29, 0.717) is 17.2 Å². The lowest BCUT2D eigenvalue weighted by Crippen LogP contribution is -2.26. The van der Waals surface area contributed by atoms with Gasteiger partial charge in [0.1, 0.15) is 6.61 Å². The molecule has 2 N–H and O–H groups in total. The zero-order chi connectivity index (χ0) is 27.2. The summed E-state index contributed by atoms with van der Waals surface area (Å²) in [6.07, 6.45) is 5.88. The Hall–Kier alpha value is -4.17. The summed E-state index contributed by atoms with van der Waals surface area (Å²) >= 11 is 0. The minimum absolute atomic E-state index is 0.183. The third-order valence-corrected chi connectivity index (χ3v) is 5.91. The van der Waals surface area contributed by atoms with Crippen LogP contribution in [0.3, 0.4) is 0 Å². The molecule has 8 heteroatoms. The van der Waals surface area contributed by atoms with Crippen LogP contribution in [0.2, 0.25) is 0 Å². The Labute approximate surface area is 222 Å². The first-order chi connectivity index (χ1) is 18.5. The van der Waals surface area contributed by atoms with Gasteiger partial charge in [0, 0.05) is 24.1 Å². The molecule has 38 heavy (non-hydrogen) atoms. The number of esters is 1. The molecule has 0 radical (unpaired) electrons. The average molecular weight is 519 g/mol. The third-order valence-electron chi connectivity index (χ3n) is 5.91. The molecular formula is C30H34N2O6. The lowest BCUT2D eigenvalue weighted by Gasteiger charge is -2.12. The van der Waals surface area contributed by atoms with Crippen LogP contribution in [0, 0.1) is 0 Å². The predicted octanol–water partition coefficient (Wildman–Crippen LogP) is 6.03. The second-order valence-electron chi connectivity index (χ2n) is 8.76. The highest BCUT2D eigenvalue weighted by Crippen LogP contribution is 2.23. The molecule has 0 unspecified atom stereocenters. The molecule has 0 heterocycles. The fourth-order valence-corrected chi connectivity index (χ4v) is 3.90. The Balaban J connectivity index is 1.30. The van der Waals surface area contributed by atoms with Crippen LogP contribution < -0.4 is 5.32 Å². The van der Waals surface area contributed by atoms with Gasteiger partial charge in [-0.25, -0.2) is 14.7 Å². The van der Waals surface area contributed by atoms with E-state index in [1.54, 1.807) is 6.92 Å². The van der Waals surface area contributed by atoms with Crippen molar-refractivity contribution in [2.75, 3.05) is 18.5 Å². The summed E-state index contributed by atoms with van der Waals surface area (Å²) < 4.78 is 10.1. The predicted molar refractivity (Wildman–Crippen MR) is 146 cm³/mol. The summed E-state index contributed by atoms with van der Waals surface area (Å²) in [7, 11) is 0. The van der Waals surface area contributed by atoms with Crippen molar-refractivity contribution in [2.24, 2.45) is 0 Å². The van der Waals surface area contributed by atoms with E-state index in [-0.39, 0.29) is 19.8 Å². The number of hydroxylamine groups is 2. The maximum Gasteiger partial charge on any atom is 0.411 e. The second kappa shape index (κ2) is 15.2. The standard InChI is InChI=1S/C30H34N2O6/c1-2-37-29(34)20-19-28(33)32(36)21-8-4-3-5-10-23-15-17-24(18-16-23)22-38-30(35)31-27-14-9-12-25-11-6-7-13-26(25)27/h6-7,9,11-20,36H,2-5,8,10,21-22H2,1H3,(H,31,35)/b20-19+. The molecule has 0 atom stereocenters. The molecule has 0 saturated carbocycles. The van der Waals surface area contributed by atoms with Crippen molar-refractivity contribution >= 4 is 34.4 Å². The van der Waals surface area contributed by atoms with Crippen LogP contribution in [0.5, 0.6) is 0 Å². The number of hydrogen-bond donors (Lipinski definition) is 2. The van der Waals surface area contributed by atoms with E-state index in [2.05, 4.69) is 5.32 Å². The zero-order valence-electron chi connectivity index (χ0n) is 21.6. The first kappa shape index (κ1) is 28.4. The number of nitrogens with zero attached hydrogens (tertiary/aromatic N) is 1. The molecule has 0 fully saturated rings. The van der Waals surface area contributed by atoms with Crippen LogP contribution >= 0.6 is 0 Å². The van der Waals surface area contributed by atoms with Crippen molar-refractivity contribution in [2.45, 2.75) is 45.6 Å². The Kier molecular flexibility index (Phi) is 11.3. The van der Waals surface area contributed by atoms with Gasteiger partial charge in [-0.3, -0.25) is 15.3 Å².